The third-order valence-corrected chi connectivity index (χ3v) is 5.17. The molecule has 0 aliphatic carbocycles. The molecule has 0 saturated carbocycles. The number of carbonyl (C=O) groups excluding carboxylic acids is 1. The standard InChI is InChI=1S/C21H24N4O/c1-16-7-3-6-10-20(16)25-13-11-24(12-14-25)17(2)21(26)23-19-9-5-4-8-18(19)15-22/h3-10,17H,11-14H2,1-2H3,(H,23,26)/p+1/t17-/m0/s1. The van der Waals surface area contributed by atoms with E-state index in [0.717, 1.165) is 26.2 Å². The SMILES string of the molecule is Cc1ccccc1N1CC[NH+]([C@@H](C)C(=O)Nc2ccccc2C#N)CC1. The number of nitrogens with zero attached hydrogens (tertiary/aromatic N) is 2. The van der Waals surface area contributed by atoms with Gasteiger partial charge in [-0.3, -0.25) is 4.79 Å². The van der Waals surface area contributed by atoms with Gasteiger partial charge in [0, 0.05) is 5.69 Å². The summed E-state index contributed by atoms with van der Waals surface area (Å²) in [6.07, 6.45) is 0. The molecule has 2 aromatic carbocycles. The zero-order valence-corrected chi connectivity index (χ0v) is 15.3. The molecule has 5 heteroatoms. The van der Waals surface area contributed by atoms with Crippen molar-refractivity contribution in [3.63, 3.8) is 0 Å². The van der Waals surface area contributed by atoms with E-state index in [-0.39, 0.29) is 11.9 Å². The molecule has 2 N–H and O–H groups in total. The predicted molar refractivity (Wildman–Crippen MR) is 103 cm³/mol. The van der Waals surface area contributed by atoms with Gasteiger partial charge in [-0.1, -0.05) is 30.3 Å². The van der Waals surface area contributed by atoms with Crippen molar-refractivity contribution in [1.29, 1.82) is 5.26 Å². The Hall–Kier alpha value is -2.84. The van der Waals surface area contributed by atoms with E-state index in [1.807, 2.05) is 13.0 Å². The number of amides is 1. The second-order valence-corrected chi connectivity index (χ2v) is 6.80. The Balaban J connectivity index is 1.60. The van der Waals surface area contributed by atoms with Crippen LogP contribution >= 0.6 is 0 Å². The number of aryl methyl sites for hydroxylation is 1. The maximum atomic E-state index is 12.6. The second-order valence-electron chi connectivity index (χ2n) is 6.80. The first kappa shape index (κ1) is 18.0. The van der Waals surface area contributed by atoms with Gasteiger partial charge in [-0.05, 0) is 37.6 Å². The summed E-state index contributed by atoms with van der Waals surface area (Å²) in [6.45, 7) is 7.81. The lowest BCUT2D eigenvalue weighted by Crippen LogP contribution is -3.19. The molecule has 134 valence electrons. The minimum Gasteiger partial charge on any atom is -0.360 e. The van der Waals surface area contributed by atoms with Crippen LogP contribution in [0.15, 0.2) is 48.5 Å². The summed E-state index contributed by atoms with van der Waals surface area (Å²) >= 11 is 0. The highest BCUT2D eigenvalue weighted by Gasteiger charge is 2.29. The molecule has 2 aromatic rings. The molecule has 0 aromatic heterocycles. The second kappa shape index (κ2) is 8.03. The van der Waals surface area contributed by atoms with E-state index >= 15 is 0 Å². The fourth-order valence-electron chi connectivity index (χ4n) is 3.50. The Morgan fingerprint density at radius 2 is 1.81 bits per heavy atom. The number of hydrogen-bond acceptors (Lipinski definition) is 3. The Morgan fingerprint density at radius 3 is 2.50 bits per heavy atom. The fourth-order valence-corrected chi connectivity index (χ4v) is 3.50. The number of nitriles is 1. The molecule has 1 atom stereocenters. The first-order chi connectivity index (χ1) is 12.6. The van der Waals surface area contributed by atoms with Gasteiger partial charge in [0.05, 0.1) is 37.4 Å². The Labute approximate surface area is 154 Å². The molecule has 0 radical (unpaired) electrons. The highest BCUT2D eigenvalue weighted by Crippen LogP contribution is 2.19. The van der Waals surface area contributed by atoms with Crippen molar-refractivity contribution in [2.75, 3.05) is 36.4 Å². The highest BCUT2D eigenvalue weighted by molar-refractivity contribution is 5.94. The molecule has 3 rings (SSSR count). The van der Waals surface area contributed by atoms with E-state index in [9.17, 15) is 4.79 Å². The number of quaternary nitrogens is 1. The normalized spacial score (nSPS) is 16.0. The van der Waals surface area contributed by atoms with Crippen molar-refractivity contribution in [2.45, 2.75) is 19.9 Å². The van der Waals surface area contributed by atoms with E-state index in [2.05, 4.69) is 47.5 Å². The van der Waals surface area contributed by atoms with Gasteiger partial charge in [0.2, 0.25) is 0 Å². The average Bonchev–Trinajstić information content (AvgIpc) is 2.68. The lowest BCUT2D eigenvalue weighted by Gasteiger charge is -2.36. The molecule has 1 aliphatic rings. The van der Waals surface area contributed by atoms with E-state index < -0.39 is 0 Å². The van der Waals surface area contributed by atoms with Crippen LogP contribution in [0.2, 0.25) is 0 Å². The Kier molecular flexibility index (Phi) is 5.55. The summed E-state index contributed by atoms with van der Waals surface area (Å²) in [4.78, 5) is 16.3. The van der Waals surface area contributed by atoms with Crippen LogP contribution in [0.4, 0.5) is 11.4 Å². The zero-order chi connectivity index (χ0) is 18.5. The van der Waals surface area contributed by atoms with Crippen LogP contribution in [0.25, 0.3) is 0 Å². The maximum absolute atomic E-state index is 12.6. The molecule has 0 unspecified atom stereocenters. The number of nitrogens with one attached hydrogen (secondary N) is 2. The van der Waals surface area contributed by atoms with Crippen LogP contribution in [0.5, 0.6) is 0 Å². The summed E-state index contributed by atoms with van der Waals surface area (Å²) in [6, 6.07) is 17.5. The number of carbonyl (C=O) groups is 1. The van der Waals surface area contributed by atoms with Crippen LogP contribution in [0.3, 0.4) is 0 Å². The van der Waals surface area contributed by atoms with Gasteiger partial charge in [-0.25, -0.2) is 0 Å². The third-order valence-electron chi connectivity index (χ3n) is 5.17. The van der Waals surface area contributed by atoms with Crippen LogP contribution in [0.1, 0.15) is 18.1 Å². The van der Waals surface area contributed by atoms with Crippen molar-refractivity contribution in [2.24, 2.45) is 0 Å². The van der Waals surface area contributed by atoms with Gasteiger partial charge in [0.1, 0.15) is 6.07 Å². The van der Waals surface area contributed by atoms with Crippen LogP contribution in [-0.2, 0) is 4.79 Å². The van der Waals surface area contributed by atoms with Crippen LogP contribution in [0, 0.1) is 18.3 Å². The molecule has 26 heavy (non-hydrogen) atoms. The van der Waals surface area contributed by atoms with Gasteiger partial charge in [-0.15, -0.1) is 0 Å². The molecular weight excluding hydrogens is 324 g/mol. The van der Waals surface area contributed by atoms with E-state index in [1.54, 1.807) is 18.2 Å². The quantitative estimate of drug-likeness (QED) is 0.881. The topological polar surface area (TPSA) is 60.6 Å². The molecule has 1 amide bonds. The summed E-state index contributed by atoms with van der Waals surface area (Å²) in [5.41, 5.74) is 3.65. The van der Waals surface area contributed by atoms with Gasteiger partial charge in [0.15, 0.2) is 6.04 Å². The molecule has 1 fully saturated rings. The number of piperazine rings is 1. The Bertz CT molecular complexity index is 819. The predicted octanol–water partition coefficient (Wildman–Crippen LogP) is 1.60. The molecule has 0 bridgehead atoms. The Morgan fingerprint density at radius 1 is 1.15 bits per heavy atom. The van der Waals surface area contributed by atoms with E-state index in [4.69, 9.17) is 5.26 Å². The van der Waals surface area contributed by atoms with E-state index in [0.29, 0.717) is 11.3 Å². The fraction of sp³-hybridized carbons (Fsp3) is 0.333. The van der Waals surface area contributed by atoms with E-state index in [1.165, 1.54) is 16.2 Å². The van der Waals surface area contributed by atoms with Gasteiger partial charge in [-0.2, -0.15) is 5.26 Å². The van der Waals surface area contributed by atoms with Gasteiger partial charge in [0.25, 0.3) is 5.91 Å². The summed E-state index contributed by atoms with van der Waals surface area (Å²) in [5.74, 6) is -0.0351. The molecule has 0 spiro atoms. The minimum atomic E-state index is -0.152. The van der Waals surface area contributed by atoms with Gasteiger partial charge >= 0.3 is 0 Å². The van der Waals surface area contributed by atoms with Crippen molar-refractivity contribution < 1.29 is 9.69 Å². The number of anilines is 2. The summed E-state index contributed by atoms with van der Waals surface area (Å²) in [7, 11) is 0. The van der Waals surface area contributed by atoms with Crippen molar-refractivity contribution >= 4 is 17.3 Å². The monoisotopic (exact) mass is 349 g/mol. The first-order valence-corrected chi connectivity index (χ1v) is 9.05. The van der Waals surface area contributed by atoms with Crippen LogP contribution in [-0.4, -0.2) is 38.1 Å². The van der Waals surface area contributed by atoms with Crippen LogP contribution < -0.4 is 15.1 Å². The average molecular weight is 349 g/mol. The molecule has 1 aliphatic heterocycles. The smallest absolute Gasteiger partial charge is 0.282 e. The zero-order valence-electron chi connectivity index (χ0n) is 15.3. The van der Waals surface area contributed by atoms with Crippen molar-refractivity contribution in [1.82, 2.24) is 0 Å². The van der Waals surface area contributed by atoms with Gasteiger partial charge < -0.3 is 15.1 Å². The lowest BCUT2D eigenvalue weighted by molar-refractivity contribution is -0.914. The summed E-state index contributed by atoms with van der Waals surface area (Å²) < 4.78 is 0. The lowest BCUT2D eigenvalue weighted by atomic mass is 10.1. The first-order valence-electron chi connectivity index (χ1n) is 9.05. The largest absolute Gasteiger partial charge is 0.360 e. The highest BCUT2D eigenvalue weighted by atomic mass is 16.2. The minimum absolute atomic E-state index is 0.0351. The molecule has 1 saturated heterocycles. The van der Waals surface area contributed by atoms with Crippen molar-refractivity contribution in [3.8, 4) is 6.07 Å². The maximum Gasteiger partial charge on any atom is 0.282 e. The van der Waals surface area contributed by atoms with Crippen molar-refractivity contribution in [3.05, 3.63) is 59.7 Å². The number of hydrogen-bond donors (Lipinski definition) is 2. The molecule has 5 nitrogen and oxygen atoms in total. The number of benzene rings is 2. The molecule has 1 heterocycles. The molecular formula is C21H25N4O+. The summed E-state index contributed by atoms with van der Waals surface area (Å²) in [5, 5.41) is 12.1. The number of rotatable bonds is 4. The number of para-hydroxylation sites is 2. The third kappa shape index (κ3) is 3.87.